The fraction of sp³-hybridized carbons (Fsp3) is 0.348. The fourth-order valence-electron chi connectivity index (χ4n) is 3.57. The molecule has 1 unspecified atom stereocenters. The van der Waals surface area contributed by atoms with Gasteiger partial charge in [-0.3, -0.25) is 14.6 Å². The van der Waals surface area contributed by atoms with Gasteiger partial charge >= 0.3 is 0 Å². The van der Waals surface area contributed by atoms with E-state index < -0.39 is 17.7 Å². The van der Waals surface area contributed by atoms with Crippen molar-refractivity contribution in [2.24, 2.45) is 0 Å². The maximum absolute atomic E-state index is 12.9. The minimum atomic E-state index is -0.638. The summed E-state index contributed by atoms with van der Waals surface area (Å²) in [4.78, 5) is 31.4. The van der Waals surface area contributed by atoms with Crippen LogP contribution in [-0.2, 0) is 9.59 Å². The molecule has 1 N–H and O–H groups in total. The number of carbonyl (C=O) groups is 2. The predicted octanol–water partition coefficient (Wildman–Crippen LogP) is 4.31. The number of nitrogens with zero attached hydrogens (tertiary/aromatic N) is 2. The van der Waals surface area contributed by atoms with Crippen molar-refractivity contribution in [2.75, 3.05) is 6.54 Å². The van der Waals surface area contributed by atoms with Gasteiger partial charge in [-0.05, 0) is 49.1 Å². The summed E-state index contributed by atoms with van der Waals surface area (Å²) < 4.78 is 0. The summed E-state index contributed by atoms with van der Waals surface area (Å²) in [6, 6.07) is 8.52. The number of hydrogen-bond acceptors (Lipinski definition) is 4. The van der Waals surface area contributed by atoms with Crippen LogP contribution >= 0.6 is 0 Å². The van der Waals surface area contributed by atoms with Crippen molar-refractivity contribution < 1.29 is 14.7 Å². The van der Waals surface area contributed by atoms with Gasteiger partial charge in [0.25, 0.3) is 11.7 Å². The molecule has 5 heteroatoms. The SMILES string of the molecule is CCCCCN1C(=O)C(=O)/C(=C(\O)c2ccc(C)c(C)c2)C1c1cccnc1. The lowest BCUT2D eigenvalue weighted by Crippen LogP contribution is -2.30. The standard InChI is InChI=1S/C23H26N2O3/c1-4-5-6-12-25-20(18-8-7-11-24-14-18)19(22(27)23(25)28)21(26)17-10-9-15(2)16(3)13-17/h7-11,13-14,20,26H,4-6,12H2,1-3H3/b21-19-. The Morgan fingerprint density at radius 3 is 2.57 bits per heavy atom. The van der Waals surface area contributed by atoms with E-state index in [0.717, 1.165) is 36.0 Å². The summed E-state index contributed by atoms with van der Waals surface area (Å²) >= 11 is 0. The molecule has 2 heterocycles. The van der Waals surface area contributed by atoms with E-state index in [1.165, 1.54) is 0 Å². The number of amides is 1. The first-order chi connectivity index (χ1) is 13.5. The van der Waals surface area contributed by atoms with Crippen molar-refractivity contribution in [3.8, 4) is 0 Å². The highest BCUT2D eigenvalue weighted by Gasteiger charge is 2.45. The van der Waals surface area contributed by atoms with Gasteiger partial charge in [-0.15, -0.1) is 0 Å². The third kappa shape index (κ3) is 3.70. The Labute approximate surface area is 165 Å². The van der Waals surface area contributed by atoms with E-state index in [1.54, 1.807) is 29.4 Å². The molecule has 1 aromatic heterocycles. The molecule has 1 atom stereocenters. The van der Waals surface area contributed by atoms with Crippen LogP contribution in [0.25, 0.3) is 5.76 Å². The Bertz CT molecular complexity index is 919. The molecule has 0 aliphatic carbocycles. The molecule has 1 aliphatic rings. The molecule has 1 saturated heterocycles. The van der Waals surface area contributed by atoms with E-state index in [4.69, 9.17) is 0 Å². The van der Waals surface area contributed by atoms with Gasteiger partial charge in [0.1, 0.15) is 5.76 Å². The summed E-state index contributed by atoms with van der Waals surface area (Å²) in [5.41, 5.74) is 3.52. The number of aryl methyl sites for hydroxylation is 2. The molecule has 146 valence electrons. The summed E-state index contributed by atoms with van der Waals surface area (Å²) in [6.45, 7) is 6.50. The number of unbranched alkanes of at least 4 members (excludes halogenated alkanes) is 2. The monoisotopic (exact) mass is 378 g/mol. The molecule has 5 nitrogen and oxygen atoms in total. The molecule has 1 fully saturated rings. The Balaban J connectivity index is 2.12. The van der Waals surface area contributed by atoms with Crippen LogP contribution in [0.2, 0.25) is 0 Å². The first kappa shape index (κ1) is 19.8. The van der Waals surface area contributed by atoms with Gasteiger partial charge in [0.15, 0.2) is 0 Å². The van der Waals surface area contributed by atoms with E-state index >= 15 is 0 Å². The van der Waals surface area contributed by atoms with E-state index in [0.29, 0.717) is 12.1 Å². The molecule has 0 bridgehead atoms. The second-order valence-electron chi connectivity index (χ2n) is 7.28. The van der Waals surface area contributed by atoms with E-state index in [1.807, 2.05) is 32.0 Å². The van der Waals surface area contributed by atoms with Crippen molar-refractivity contribution in [1.29, 1.82) is 0 Å². The highest BCUT2D eigenvalue weighted by molar-refractivity contribution is 6.46. The lowest BCUT2D eigenvalue weighted by Gasteiger charge is -2.25. The van der Waals surface area contributed by atoms with Gasteiger partial charge in [-0.1, -0.05) is 38.0 Å². The smallest absolute Gasteiger partial charge is 0.295 e. The zero-order valence-corrected chi connectivity index (χ0v) is 16.6. The Morgan fingerprint density at radius 1 is 1.14 bits per heavy atom. The maximum Gasteiger partial charge on any atom is 0.295 e. The minimum Gasteiger partial charge on any atom is -0.507 e. The zero-order valence-electron chi connectivity index (χ0n) is 16.6. The number of aliphatic hydroxyl groups excluding tert-OH is 1. The van der Waals surface area contributed by atoms with Crippen molar-refractivity contribution in [2.45, 2.75) is 46.1 Å². The van der Waals surface area contributed by atoms with Gasteiger partial charge in [-0.2, -0.15) is 0 Å². The number of carbonyl (C=O) groups excluding carboxylic acids is 2. The number of pyridine rings is 1. The zero-order chi connectivity index (χ0) is 20.3. The lowest BCUT2D eigenvalue weighted by molar-refractivity contribution is -0.139. The molecule has 1 amide bonds. The van der Waals surface area contributed by atoms with E-state index in [-0.39, 0.29) is 11.3 Å². The summed E-state index contributed by atoms with van der Waals surface area (Å²) in [7, 11) is 0. The number of rotatable bonds is 6. The van der Waals surface area contributed by atoms with E-state index in [9.17, 15) is 14.7 Å². The van der Waals surface area contributed by atoms with Crippen molar-refractivity contribution >= 4 is 17.4 Å². The minimum absolute atomic E-state index is 0.131. The number of aromatic nitrogens is 1. The second kappa shape index (κ2) is 8.38. The summed E-state index contributed by atoms with van der Waals surface area (Å²) in [5.74, 6) is -1.33. The highest BCUT2D eigenvalue weighted by Crippen LogP contribution is 2.39. The number of hydrogen-bond donors (Lipinski definition) is 1. The van der Waals surface area contributed by atoms with Gasteiger partial charge in [0, 0.05) is 24.5 Å². The molecular weight excluding hydrogens is 352 g/mol. The van der Waals surface area contributed by atoms with Gasteiger partial charge in [0.2, 0.25) is 0 Å². The van der Waals surface area contributed by atoms with Crippen LogP contribution in [0.1, 0.15) is 54.5 Å². The molecule has 0 radical (unpaired) electrons. The number of benzene rings is 1. The Kier molecular flexibility index (Phi) is 5.93. The molecule has 0 spiro atoms. The molecule has 3 rings (SSSR count). The third-order valence-electron chi connectivity index (χ3n) is 5.32. The fourth-order valence-corrected chi connectivity index (χ4v) is 3.57. The van der Waals surface area contributed by atoms with Gasteiger partial charge in [-0.25, -0.2) is 0 Å². The quantitative estimate of drug-likeness (QED) is 0.352. The Hall–Kier alpha value is -2.95. The third-order valence-corrected chi connectivity index (χ3v) is 5.32. The molecule has 1 aromatic carbocycles. The number of ketones is 1. The average Bonchev–Trinajstić information content (AvgIpc) is 2.95. The van der Waals surface area contributed by atoms with Crippen LogP contribution in [0.15, 0.2) is 48.3 Å². The number of Topliss-reactive ketones (excluding diaryl/α,β-unsaturated/α-hetero) is 1. The number of likely N-dealkylation sites (tertiary alicyclic amines) is 1. The maximum atomic E-state index is 12.9. The Morgan fingerprint density at radius 2 is 1.93 bits per heavy atom. The van der Waals surface area contributed by atoms with Crippen LogP contribution in [0, 0.1) is 13.8 Å². The molecular formula is C23H26N2O3. The predicted molar refractivity (Wildman–Crippen MR) is 109 cm³/mol. The van der Waals surface area contributed by atoms with Crippen molar-refractivity contribution in [3.05, 3.63) is 70.6 Å². The molecule has 28 heavy (non-hydrogen) atoms. The van der Waals surface area contributed by atoms with Gasteiger partial charge < -0.3 is 10.0 Å². The largest absolute Gasteiger partial charge is 0.507 e. The van der Waals surface area contributed by atoms with Crippen LogP contribution < -0.4 is 0 Å². The first-order valence-corrected chi connectivity index (χ1v) is 9.71. The normalized spacial score (nSPS) is 18.7. The molecule has 0 saturated carbocycles. The average molecular weight is 378 g/mol. The van der Waals surface area contributed by atoms with Crippen molar-refractivity contribution in [1.82, 2.24) is 9.88 Å². The topological polar surface area (TPSA) is 70.5 Å². The van der Waals surface area contributed by atoms with Crippen LogP contribution in [0.5, 0.6) is 0 Å². The highest BCUT2D eigenvalue weighted by atomic mass is 16.3. The van der Waals surface area contributed by atoms with Crippen LogP contribution in [0.3, 0.4) is 0 Å². The molecule has 2 aromatic rings. The van der Waals surface area contributed by atoms with Gasteiger partial charge in [0.05, 0.1) is 11.6 Å². The summed E-state index contributed by atoms with van der Waals surface area (Å²) in [6.07, 6.45) is 6.10. The molecule has 1 aliphatic heterocycles. The lowest BCUT2D eigenvalue weighted by atomic mass is 9.95. The van der Waals surface area contributed by atoms with E-state index in [2.05, 4.69) is 11.9 Å². The number of aliphatic hydroxyl groups is 1. The second-order valence-corrected chi connectivity index (χ2v) is 7.28. The first-order valence-electron chi connectivity index (χ1n) is 9.71. The van der Waals surface area contributed by atoms with Crippen LogP contribution in [0.4, 0.5) is 0 Å². The van der Waals surface area contributed by atoms with Crippen LogP contribution in [-0.4, -0.2) is 33.2 Å². The summed E-state index contributed by atoms with van der Waals surface area (Å²) in [5, 5.41) is 11.0. The van der Waals surface area contributed by atoms with Crippen molar-refractivity contribution in [3.63, 3.8) is 0 Å².